The zero-order chi connectivity index (χ0) is 36.9. The van der Waals surface area contributed by atoms with Crippen LogP contribution in [0.5, 0.6) is 0 Å². The number of halogens is 6. The molecule has 6 rings (SSSR count). The van der Waals surface area contributed by atoms with E-state index in [0.29, 0.717) is 35.4 Å². The maximum atomic E-state index is 13.8. The van der Waals surface area contributed by atoms with E-state index < -0.39 is 35.8 Å². The Morgan fingerprint density at radius 2 is 1.23 bits per heavy atom. The quantitative estimate of drug-likeness (QED) is 0.127. The number of carbonyl (C=O) groups excluding carboxylic acids is 2. The van der Waals surface area contributed by atoms with Gasteiger partial charge in [0.25, 0.3) is 5.91 Å². The van der Waals surface area contributed by atoms with E-state index in [4.69, 9.17) is 0 Å². The summed E-state index contributed by atoms with van der Waals surface area (Å²) in [5, 5.41) is 5.38. The molecule has 0 saturated heterocycles. The normalized spacial score (nSPS) is 18.4. The lowest BCUT2D eigenvalue weighted by molar-refractivity contribution is -0.141. The van der Waals surface area contributed by atoms with Crippen LogP contribution in [0.2, 0.25) is 0 Å². The molecule has 10 heteroatoms. The van der Waals surface area contributed by atoms with E-state index in [1.807, 2.05) is 48.5 Å². The number of unbranched alkanes of at least 4 members (excludes halogenated alkanes) is 1. The number of rotatable bonds is 10. The van der Waals surface area contributed by atoms with E-state index in [-0.39, 0.29) is 11.9 Å². The number of alkyl halides is 6. The topological polar surface area (TPSA) is 58.2 Å². The molecule has 274 valence electrons. The number of hydrogen-bond acceptors (Lipinski definition) is 2. The zero-order valence-corrected chi connectivity index (χ0v) is 28.8. The molecule has 2 N–H and O–H groups in total. The summed E-state index contributed by atoms with van der Waals surface area (Å²) in [7, 11) is 0. The lowest BCUT2D eigenvalue weighted by Crippen LogP contribution is -2.47. The van der Waals surface area contributed by atoms with Gasteiger partial charge in [0.2, 0.25) is 5.91 Å². The lowest BCUT2D eigenvalue weighted by atomic mass is 9.73. The van der Waals surface area contributed by atoms with Crippen molar-refractivity contribution in [2.24, 2.45) is 5.92 Å². The van der Waals surface area contributed by atoms with E-state index in [1.165, 1.54) is 12.1 Å². The molecule has 2 aliphatic carbocycles. The number of carbonyl (C=O) groups is 2. The van der Waals surface area contributed by atoms with Gasteiger partial charge in [0.1, 0.15) is 12.0 Å². The second-order valence-corrected chi connectivity index (χ2v) is 14.1. The first-order valence-electron chi connectivity index (χ1n) is 18.0. The molecule has 0 heterocycles. The van der Waals surface area contributed by atoms with Crippen LogP contribution in [0.4, 0.5) is 26.3 Å². The van der Waals surface area contributed by atoms with Gasteiger partial charge >= 0.3 is 12.4 Å². The molecule has 52 heavy (non-hydrogen) atoms. The van der Waals surface area contributed by atoms with Crippen molar-refractivity contribution in [1.82, 2.24) is 10.6 Å². The second kappa shape index (κ2) is 15.6. The molecule has 0 spiro atoms. The molecule has 2 amide bonds. The molecule has 1 saturated carbocycles. The number of amides is 2. The first-order valence-corrected chi connectivity index (χ1v) is 18.0. The predicted octanol–water partition coefficient (Wildman–Crippen LogP) is 10.6. The van der Waals surface area contributed by atoms with Gasteiger partial charge in [-0.1, -0.05) is 124 Å². The third kappa shape index (κ3) is 8.21. The molecule has 0 aliphatic heterocycles. The minimum Gasteiger partial charge on any atom is -0.349 e. The van der Waals surface area contributed by atoms with Gasteiger partial charge in [-0.05, 0) is 76.8 Å². The van der Waals surface area contributed by atoms with Crippen molar-refractivity contribution in [2.75, 3.05) is 6.54 Å². The summed E-state index contributed by atoms with van der Waals surface area (Å²) in [6, 6.07) is 26.7. The van der Waals surface area contributed by atoms with Crippen LogP contribution < -0.4 is 10.6 Å². The summed E-state index contributed by atoms with van der Waals surface area (Å²) >= 11 is 0. The average molecular weight is 721 g/mol. The largest absolute Gasteiger partial charge is 0.416 e. The van der Waals surface area contributed by atoms with Gasteiger partial charge in [-0.3, -0.25) is 9.59 Å². The molecule has 0 bridgehead atoms. The molecular weight excluding hydrogens is 678 g/mol. The first-order chi connectivity index (χ1) is 24.9. The monoisotopic (exact) mass is 720 g/mol. The highest BCUT2D eigenvalue weighted by molar-refractivity contribution is 6.01. The summed E-state index contributed by atoms with van der Waals surface area (Å²) in [4.78, 5) is 27.2. The van der Waals surface area contributed by atoms with Crippen molar-refractivity contribution in [3.63, 3.8) is 0 Å². The van der Waals surface area contributed by atoms with Crippen LogP contribution in [-0.2, 0) is 16.4 Å². The molecule has 0 unspecified atom stereocenters. The second-order valence-electron chi connectivity index (χ2n) is 14.1. The highest BCUT2D eigenvalue weighted by Gasteiger charge is 2.49. The highest BCUT2D eigenvalue weighted by Crippen LogP contribution is 2.52. The summed E-state index contributed by atoms with van der Waals surface area (Å²) in [6.45, 7) is -1.38. The minimum atomic E-state index is -4.52. The van der Waals surface area contributed by atoms with Crippen molar-refractivity contribution < 1.29 is 35.9 Å². The van der Waals surface area contributed by atoms with Crippen molar-refractivity contribution in [1.29, 1.82) is 0 Å². The summed E-state index contributed by atoms with van der Waals surface area (Å²) in [6.07, 6.45) is -0.683. The van der Waals surface area contributed by atoms with E-state index >= 15 is 0 Å². The number of benzene rings is 4. The zero-order valence-electron chi connectivity index (χ0n) is 28.8. The molecule has 4 aromatic carbocycles. The van der Waals surface area contributed by atoms with Gasteiger partial charge in [0.05, 0.1) is 5.56 Å². The predicted molar refractivity (Wildman–Crippen MR) is 190 cm³/mol. The fraction of sp³-hybridized carbons (Fsp3) is 0.381. The summed E-state index contributed by atoms with van der Waals surface area (Å²) in [5.74, 6) is -0.403. The number of hydrogen-bond donors (Lipinski definition) is 2. The summed E-state index contributed by atoms with van der Waals surface area (Å²) in [5.41, 5.74) is 2.84. The van der Waals surface area contributed by atoms with E-state index in [9.17, 15) is 35.9 Å². The van der Waals surface area contributed by atoms with Gasteiger partial charge in [0.15, 0.2) is 0 Å². The average Bonchev–Trinajstić information content (AvgIpc) is 3.40. The van der Waals surface area contributed by atoms with Crippen LogP contribution in [0.25, 0.3) is 22.3 Å². The number of nitrogens with one attached hydrogen (secondary N) is 2. The Morgan fingerprint density at radius 1 is 0.673 bits per heavy atom. The van der Waals surface area contributed by atoms with Gasteiger partial charge < -0.3 is 10.6 Å². The number of fused-ring (bicyclic) bond motifs is 3. The van der Waals surface area contributed by atoms with Gasteiger partial charge in [-0.2, -0.15) is 26.3 Å². The van der Waals surface area contributed by atoms with Gasteiger partial charge in [-0.25, -0.2) is 0 Å². The van der Waals surface area contributed by atoms with E-state index in [1.54, 1.807) is 24.3 Å². The van der Waals surface area contributed by atoms with Crippen LogP contribution in [-0.4, -0.2) is 30.6 Å². The Kier molecular flexibility index (Phi) is 11.1. The maximum Gasteiger partial charge on any atom is 0.416 e. The van der Waals surface area contributed by atoms with Crippen LogP contribution >= 0.6 is 0 Å². The Labute approximate surface area is 300 Å². The molecule has 1 fully saturated rings. The molecule has 4 aromatic rings. The Bertz CT molecular complexity index is 1810. The fourth-order valence-corrected chi connectivity index (χ4v) is 8.17. The molecule has 0 aromatic heterocycles. The fourth-order valence-electron chi connectivity index (χ4n) is 8.17. The van der Waals surface area contributed by atoms with Crippen LogP contribution in [0.15, 0.2) is 97.1 Å². The third-order valence-corrected chi connectivity index (χ3v) is 10.7. The molecular formula is C42H42F6N2O2. The lowest BCUT2D eigenvalue weighted by Gasteiger charge is -2.31. The highest BCUT2D eigenvalue weighted by atomic mass is 19.4. The van der Waals surface area contributed by atoms with Crippen molar-refractivity contribution >= 4 is 11.8 Å². The molecule has 0 atom stereocenters. The maximum absolute atomic E-state index is 13.8. The van der Waals surface area contributed by atoms with Gasteiger partial charge in [-0.15, -0.1) is 0 Å². The van der Waals surface area contributed by atoms with Crippen molar-refractivity contribution in [2.45, 2.75) is 88.0 Å². The van der Waals surface area contributed by atoms with Crippen LogP contribution in [0, 0.1) is 5.92 Å². The first kappa shape index (κ1) is 37.2. The van der Waals surface area contributed by atoms with Crippen molar-refractivity contribution in [3.8, 4) is 22.3 Å². The van der Waals surface area contributed by atoms with E-state index in [2.05, 4.69) is 10.6 Å². The molecule has 4 nitrogen and oxygen atoms in total. The standard InChI is InChI=1S/C42H42F6N2O2/c43-41(44,45)27-49-39(52)40(36-20-5-3-17-33(36)34-18-4-6-21-37(34)40)26-8-7-11-28-12-9-14-31(15-10-13-28)50-38(51)35-19-2-1-16-32(35)29-22-24-30(25-23-29)42(46,47)48/h1-6,16-25,28,31H,7-15,26-27H2,(H,49,52)(H,50,51). The SMILES string of the molecule is O=C(NC1CCCC(CCCCC2(C(=O)NCC(F)(F)F)c3ccccc3-c3ccccc32)CCC1)c1ccccc1-c1ccc(C(F)(F)F)cc1. The Hall–Kier alpha value is -4.60. The van der Waals surface area contributed by atoms with Gasteiger partial charge in [0, 0.05) is 11.6 Å². The molecule has 0 radical (unpaired) electrons. The van der Waals surface area contributed by atoms with Crippen LogP contribution in [0.1, 0.15) is 91.3 Å². The summed E-state index contributed by atoms with van der Waals surface area (Å²) < 4.78 is 78.9. The minimum absolute atomic E-state index is 0.0216. The van der Waals surface area contributed by atoms with Crippen LogP contribution in [0.3, 0.4) is 0 Å². The third-order valence-electron chi connectivity index (χ3n) is 10.7. The van der Waals surface area contributed by atoms with E-state index in [0.717, 1.165) is 85.8 Å². The Morgan fingerprint density at radius 3 is 1.81 bits per heavy atom. The van der Waals surface area contributed by atoms with Crippen molar-refractivity contribution in [3.05, 3.63) is 119 Å². The molecule has 2 aliphatic rings. The Balaban J connectivity index is 1.04. The smallest absolute Gasteiger partial charge is 0.349 e.